The van der Waals surface area contributed by atoms with E-state index in [0.717, 1.165) is 21.3 Å². The van der Waals surface area contributed by atoms with Crippen LogP contribution in [0.3, 0.4) is 0 Å². The number of fused-ring (bicyclic) bond motifs is 1. The number of aromatic nitrogens is 1. The molecule has 0 N–H and O–H groups in total. The van der Waals surface area contributed by atoms with Gasteiger partial charge in [0, 0.05) is 5.56 Å². The fourth-order valence-electron chi connectivity index (χ4n) is 3.47. The minimum absolute atomic E-state index is 0.236. The molecule has 0 spiro atoms. The fourth-order valence-corrected chi connectivity index (χ4v) is 4.50. The number of carbonyl (C=O) groups is 1. The van der Waals surface area contributed by atoms with Crippen molar-refractivity contribution in [3.63, 3.8) is 0 Å². The van der Waals surface area contributed by atoms with Crippen molar-refractivity contribution in [2.45, 2.75) is 20.4 Å². The third-order valence-corrected chi connectivity index (χ3v) is 6.40. The molecule has 0 radical (unpaired) electrons. The summed E-state index contributed by atoms with van der Waals surface area (Å²) < 4.78 is 22.8. The van der Waals surface area contributed by atoms with Crippen LogP contribution in [0.2, 0.25) is 0 Å². The van der Waals surface area contributed by atoms with Gasteiger partial charge in [-0.2, -0.15) is 0 Å². The molecule has 2 aromatic heterocycles. The number of hydrogen-bond acceptors (Lipinski definition) is 7. The monoisotopic (exact) mass is 452 g/mol. The highest BCUT2D eigenvalue weighted by Gasteiger charge is 2.26. The maximum absolute atomic E-state index is 13.7. The summed E-state index contributed by atoms with van der Waals surface area (Å²) in [6, 6.07) is 11.0. The van der Waals surface area contributed by atoms with Crippen molar-refractivity contribution in [2.24, 2.45) is 0 Å². The van der Waals surface area contributed by atoms with E-state index in [-0.39, 0.29) is 12.5 Å². The molecule has 0 atom stereocenters. The van der Waals surface area contributed by atoms with Gasteiger partial charge in [-0.25, -0.2) is 4.98 Å². The Balaban J connectivity index is 1.83. The number of methoxy groups -OCH3 is 3. The largest absolute Gasteiger partial charge is 0.493 e. The van der Waals surface area contributed by atoms with Crippen LogP contribution in [0.5, 0.6) is 17.2 Å². The molecule has 8 heteroatoms. The van der Waals surface area contributed by atoms with Gasteiger partial charge < -0.3 is 18.6 Å². The van der Waals surface area contributed by atoms with Crippen LogP contribution in [0.1, 0.15) is 27.2 Å². The number of furan rings is 1. The Morgan fingerprint density at radius 3 is 2.38 bits per heavy atom. The minimum atomic E-state index is -0.255. The fraction of sp³-hybridized carbons (Fsp3) is 0.250. The van der Waals surface area contributed by atoms with Gasteiger partial charge in [-0.1, -0.05) is 17.4 Å². The van der Waals surface area contributed by atoms with E-state index in [0.29, 0.717) is 33.7 Å². The molecule has 0 aliphatic heterocycles. The average Bonchev–Trinajstić information content (AvgIpc) is 3.48. The van der Waals surface area contributed by atoms with E-state index in [1.807, 2.05) is 19.1 Å². The zero-order chi connectivity index (χ0) is 22.8. The van der Waals surface area contributed by atoms with Gasteiger partial charge in [0.25, 0.3) is 5.91 Å². The van der Waals surface area contributed by atoms with Crippen molar-refractivity contribution in [3.8, 4) is 17.2 Å². The van der Waals surface area contributed by atoms with Crippen LogP contribution in [0.25, 0.3) is 10.2 Å². The number of hydrogen-bond donors (Lipinski definition) is 0. The smallest absolute Gasteiger partial charge is 0.260 e. The molecule has 4 rings (SSSR count). The second-order valence-corrected chi connectivity index (χ2v) is 8.24. The first-order valence-corrected chi connectivity index (χ1v) is 10.8. The third kappa shape index (κ3) is 3.89. The van der Waals surface area contributed by atoms with Crippen LogP contribution < -0.4 is 19.1 Å². The van der Waals surface area contributed by atoms with E-state index >= 15 is 0 Å². The van der Waals surface area contributed by atoms with Gasteiger partial charge in [-0.05, 0) is 55.3 Å². The summed E-state index contributed by atoms with van der Waals surface area (Å²) in [6.07, 6.45) is 1.59. The molecule has 2 aromatic carbocycles. The highest BCUT2D eigenvalue weighted by atomic mass is 32.1. The van der Waals surface area contributed by atoms with Gasteiger partial charge in [-0.15, -0.1) is 0 Å². The molecule has 0 aliphatic rings. The maximum Gasteiger partial charge on any atom is 0.260 e. The lowest BCUT2D eigenvalue weighted by Gasteiger charge is -2.20. The Kier molecular flexibility index (Phi) is 6.05. The van der Waals surface area contributed by atoms with E-state index in [1.54, 1.807) is 29.4 Å². The van der Waals surface area contributed by atoms with Gasteiger partial charge >= 0.3 is 0 Å². The Hall–Kier alpha value is -3.52. The lowest BCUT2D eigenvalue weighted by Crippen LogP contribution is -2.30. The molecule has 7 nitrogen and oxygen atoms in total. The summed E-state index contributed by atoms with van der Waals surface area (Å²) in [4.78, 5) is 20.2. The molecule has 4 aromatic rings. The summed E-state index contributed by atoms with van der Waals surface area (Å²) in [7, 11) is 4.56. The summed E-state index contributed by atoms with van der Waals surface area (Å²) in [6.45, 7) is 4.33. The van der Waals surface area contributed by atoms with E-state index in [9.17, 15) is 4.79 Å². The number of benzene rings is 2. The zero-order valence-electron chi connectivity index (χ0n) is 18.6. The SMILES string of the molecule is COc1cc(C(=O)N(Cc2ccco2)c2nc3c(C)c(C)ccc3s2)cc(OC)c1OC. The van der Waals surface area contributed by atoms with Crippen molar-refractivity contribution >= 4 is 32.6 Å². The molecule has 32 heavy (non-hydrogen) atoms. The van der Waals surface area contributed by atoms with Crippen LogP contribution in [0.4, 0.5) is 5.13 Å². The quantitative estimate of drug-likeness (QED) is 0.375. The van der Waals surface area contributed by atoms with Crippen LogP contribution in [0, 0.1) is 13.8 Å². The number of amides is 1. The van der Waals surface area contributed by atoms with Crippen molar-refractivity contribution < 1.29 is 23.4 Å². The summed E-state index contributed by atoms with van der Waals surface area (Å²) in [5.41, 5.74) is 3.54. The number of nitrogens with zero attached hydrogens (tertiary/aromatic N) is 2. The second kappa shape index (κ2) is 8.92. The topological polar surface area (TPSA) is 74.0 Å². The third-order valence-electron chi connectivity index (χ3n) is 5.36. The molecule has 0 bridgehead atoms. The highest BCUT2D eigenvalue weighted by molar-refractivity contribution is 7.22. The van der Waals surface area contributed by atoms with Crippen molar-refractivity contribution in [3.05, 3.63) is 65.1 Å². The number of ether oxygens (including phenoxy) is 3. The normalized spacial score (nSPS) is 10.9. The number of aryl methyl sites for hydroxylation is 2. The Labute approximate surface area is 190 Å². The lowest BCUT2D eigenvalue weighted by molar-refractivity contribution is 0.0982. The number of anilines is 1. The van der Waals surface area contributed by atoms with Crippen LogP contribution >= 0.6 is 11.3 Å². The van der Waals surface area contributed by atoms with Crippen LogP contribution in [0.15, 0.2) is 47.1 Å². The molecular formula is C24H24N2O5S. The first kappa shape index (κ1) is 21.7. The molecule has 166 valence electrons. The highest BCUT2D eigenvalue weighted by Crippen LogP contribution is 2.39. The van der Waals surface area contributed by atoms with Crippen LogP contribution in [-0.2, 0) is 6.54 Å². The Morgan fingerprint density at radius 2 is 1.78 bits per heavy atom. The zero-order valence-corrected chi connectivity index (χ0v) is 19.4. The van der Waals surface area contributed by atoms with E-state index < -0.39 is 0 Å². The summed E-state index contributed by atoms with van der Waals surface area (Å²) >= 11 is 1.47. The van der Waals surface area contributed by atoms with E-state index in [4.69, 9.17) is 23.6 Å². The van der Waals surface area contributed by atoms with Crippen molar-refractivity contribution in [1.82, 2.24) is 4.98 Å². The molecule has 0 saturated heterocycles. The first-order valence-electron chi connectivity index (χ1n) is 9.97. The lowest BCUT2D eigenvalue weighted by atomic mass is 10.1. The summed E-state index contributed by atoms with van der Waals surface area (Å²) in [5, 5.41) is 0.587. The van der Waals surface area contributed by atoms with Gasteiger partial charge in [0.05, 0.1) is 44.4 Å². The predicted molar refractivity (Wildman–Crippen MR) is 124 cm³/mol. The molecule has 0 unspecified atom stereocenters. The van der Waals surface area contributed by atoms with E-state index in [2.05, 4.69) is 13.0 Å². The van der Waals surface area contributed by atoms with Gasteiger partial charge in [0.1, 0.15) is 5.76 Å². The van der Waals surface area contributed by atoms with Crippen molar-refractivity contribution in [1.29, 1.82) is 0 Å². The van der Waals surface area contributed by atoms with Gasteiger partial charge in [0.2, 0.25) is 5.75 Å². The second-order valence-electron chi connectivity index (χ2n) is 7.24. The van der Waals surface area contributed by atoms with Crippen molar-refractivity contribution in [2.75, 3.05) is 26.2 Å². The minimum Gasteiger partial charge on any atom is -0.493 e. The maximum atomic E-state index is 13.7. The van der Waals surface area contributed by atoms with Crippen LogP contribution in [-0.4, -0.2) is 32.2 Å². The Morgan fingerprint density at radius 1 is 1.06 bits per heavy atom. The predicted octanol–water partition coefficient (Wildman–Crippen LogP) is 5.38. The number of rotatable bonds is 7. The molecular weight excluding hydrogens is 428 g/mol. The molecule has 2 heterocycles. The van der Waals surface area contributed by atoms with Gasteiger partial charge in [0.15, 0.2) is 16.6 Å². The Bertz CT molecular complexity index is 1240. The molecule has 1 amide bonds. The summed E-state index contributed by atoms with van der Waals surface area (Å²) in [5.74, 6) is 1.63. The number of carbonyl (C=O) groups excluding carboxylic acids is 1. The van der Waals surface area contributed by atoms with E-state index in [1.165, 1.54) is 32.7 Å². The molecule has 0 fully saturated rings. The first-order chi connectivity index (χ1) is 15.5. The average molecular weight is 453 g/mol. The molecule has 0 aliphatic carbocycles. The van der Waals surface area contributed by atoms with Gasteiger partial charge in [-0.3, -0.25) is 9.69 Å². The molecule has 0 saturated carbocycles. The standard InChI is InChI=1S/C24H24N2O5S/c1-14-8-9-20-21(15(14)2)25-24(32-20)26(13-17-7-6-10-31-17)23(27)16-11-18(28-3)22(30-5)19(12-16)29-4/h6-12H,13H2,1-5H3. The number of thiazole rings is 1.